The van der Waals surface area contributed by atoms with Crippen LogP contribution in [0.3, 0.4) is 0 Å². The van der Waals surface area contributed by atoms with Gasteiger partial charge in [-0.25, -0.2) is 9.97 Å². The summed E-state index contributed by atoms with van der Waals surface area (Å²) < 4.78 is 38.5. The number of fused-ring (bicyclic) bond motifs is 1. The van der Waals surface area contributed by atoms with Crippen molar-refractivity contribution >= 4 is 11.7 Å². The Hall–Kier alpha value is -2.95. The molecule has 1 amide bonds. The molecule has 0 saturated heterocycles. The van der Waals surface area contributed by atoms with Crippen molar-refractivity contribution in [1.29, 1.82) is 5.26 Å². The molecule has 2 aliphatic rings. The van der Waals surface area contributed by atoms with Gasteiger partial charge in [0.25, 0.3) is 5.91 Å². The molecule has 0 aromatic carbocycles. The second kappa shape index (κ2) is 5.78. The molecule has 0 spiro atoms. The summed E-state index contributed by atoms with van der Waals surface area (Å²) in [7, 11) is 0. The molecule has 0 N–H and O–H groups in total. The molecule has 0 bridgehead atoms. The van der Waals surface area contributed by atoms with Gasteiger partial charge in [-0.1, -0.05) is 0 Å². The highest BCUT2D eigenvalue weighted by atomic mass is 19.4. The van der Waals surface area contributed by atoms with Gasteiger partial charge in [0.05, 0.1) is 22.7 Å². The lowest BCUT2D eigenvalue weighted by Crippen LogP contribution is -2.39. The van der Waals surface area contributed by atoms with E-state index in [-0.39, 0.29) is 24.2 Å². The van der Waals surface area contributed by atoms with Crippen molar-refractivity contribution in [3.8, 4) is 6.07 Å². The van der Waals surface area contributed by atoms with Crippen LogP contribution in [0, 0.1) is 18.3 Å². The van der Waals surface area contributed by atoms with Crippen molar-refractivity contribution < 1.29 is 18.0 Å². The number of carbonyl (C=O) groups excluding carboxylic acids is 1. The normalized spacial score (nSPS) is 18.0. The monoisotopic (exact) mass is 372 g/mol. The minimum Gasteiger partial charge on any atom is -0.292 e. The molecule has 2 aromatic rings. The standard InChI is InChI=1S/C19H15F3N4O/c1-11-8-12(18(10-23)5-6-18)9-24-16(11)26-7-4-14-13(17(26)27)2-3-15(25-14)19(20,21)22/h2-3,8-9H,4-7H2,1H3. The number of amides is 1. The highest BCUT2D eigenvalue weighted by Gasteiger charge is 2.45. The lowest BCUT2D eigenvalue weighted by Gasteiger charge is -2.29. The highest BCUT2D eigenvalue weighted by molar-refractivity contribution is 6.07. The fourth-order valence-electron chi connectivity index (χ4n) is 3.41. The molecule has 0 atom stereocenters. The van der Waals surface area contributed by atoms with Crippen LogP contribution in [0.25, 0.3) is 0 Å². The van der Waals surface area contributed by atoms with E-state index in [9.17, 15) is 23.2 Å². The SMILES string of the molecule is Cc1cc(C2(C#N)CC2)cnc1N1CCc2nc(C(F)(F)F)ccc2C1=O. The Kier molecular flexibility index (Phi) is 3.74. The van der Waals surface area contributed by atoms with Gasteiger partial charge in [-0.2, -0.15) is 18.4 Å². The van der Waals surface area contributed by atoms with Crippen LogP contribution in [0.2, 0.25) is 0 Å². The Labute approximate surface area is 153 Å². The molecule has 27 heavy (non-hydrogen) atoms. The van der Waals surface area contributed by atoms with Crippen molar-refractivity contribution in [1.82, 2.24) is 9.97 Å². The number of anilines is 1. The van der Waals surface area contributed by atoms with Crippen LogP contribution < -0.4 is 4.90 Å². The second-order valence-electron chi connectivity index (χ2n) is 6.95. The first-order valence-corrected chi connectivity index (χ1v) is 8.52. The molecule has 1 fully saturated rings. The zero-order chi connectivity index (χ0) is 19.4. The summed E-state index contributed by atoms with van der Waals surface area (Å²) >= 11 is 0. The molecule has 1 saturated carbocycles. The fraction of sp³-hybridized carbons (Fsp3) is 0.368. The van der Waals surface area contributed by atoms with Crippen LogP contribution in [-0.2, 0) is 18.0 Å². The minimum absolute atomic E-state index is 0.154. The maximum absolute atomic E-state index is 12.8. The Morgan fingerprint density at radius 3 is 2.63 bits per heavy atom. The van der Waals surface area contributed by atoms with E-state index < -0.39 is 23.2 Å². The predicted octanol–water partition coefficient (Wildman–Crippen LogP) is 3.56. The van der Waals surface area contributed by atoms with Crippen molar-refractivity contribution in [2.75, 3.05) is 11.4 Å². The predicted molar refractivity (Wildman–Crippen MR) is 90.1 cm³/mol. The van der Waals surface area contributed by atoms with Gasteiger partial charge in [-0.15, -0.1) is 0 Å². The Balaban J connectivity index is 1.66. The molecule has 138 valence electrons. The van der Waals surface area contributed by atoms with Crippen molar-refractivity contribution in [3.05, 3.63) is 52.5 Å². The maximum atomic E-state index is 12.8. The lowest BCUT2D eigenvalue weighted by atomic mass is 9.97. The van der Waals surface area contributed by atoms with E-state index in [1.165, 1.54) is 11.0 Å². The quantitative estimate of drug-likeness (QED) is 0.808. The summed E-state index contributed by atoms with van der Waals surface area (Å²) in [6.45, 7) is 2.02. The number of aromatic nitrogens is 2. The van der Waals surface area contributed by atoms with Gasteiger partial charge in [-0.3, -0.25) is 9.69 Å². The van der Waals surface area contributed by atoms with Gasteiger partial charge in [0.15, 0.2) is 0 Å². The van der Waals surface area contributed by atoms with Crippen LogP contribution in [-0.4, -0.2) is 22.4 Å². The van der Waals surface area contributed by atoms with E-state index in [0.29, 0.717) is 5.82 Å². The Bertz CT molecular complexity index is 989. The molecule has 3 heterocycles. The third-order valence-corrected chi connectivity index (χ3v) is 5.14. The Morgan fingerprint density at radius 2 is 2.04 bits per heavy atom. The van der Waals surface area contributed by atoms with E-state index in [2.05, 4.69) is 16.0 Å². The van der Waals surface area contributed by atoms with Gasteiger partial charge in [-0.05, 0) is 49.1 Å². The third-order valence-electron chi connectivity index (χ3n) is 5.14. The Morgan fingerprint density at radius 1 is 1.30 bits per heavy atom. The molecule has 0 unspecified atom stereocenters. The molecular weight excluding hydrogens is 357 g/mol. The van der Waals surface area contributed by atoms with Crippen LogP contribution in [0.5, 0.6) is 0 Å². The van der Waals surface area contributed by atoms with Gasteiger partial charge >= 0.3 is 6.18 Å². The summed E-state index contributed by atoms with van der Waals surface area (Å²) in [5.74, 6) is 0.0466. The number of nitrogens with zero attached hydrogens (tertiary/aromatic N) is 4. The zero-order valence-electron chi connectivity index (χ0n) is 14.5. The van der Waals surface area contributed by atoms with Crippen molar-refractivity contribution in [2.45, 2.75) is 37.8 Å². The summed E-state index contributed by atoms with van der Waals surface area (Å²) in [4.78, 5) is 22.3. The first kappa shape index (κ1) is 17.5. The largest absolute Gasteiger partial charge is 0.433 e. The van der Waals surface area contributed by atoms with Gasteiger partial charge in [0.2, 0.25) is 0 Å². The fourth-order valence-corrected chi connectivity index (χ4v) is 3.41. The number of rotatable bonds is 2. The number of hydrogen-bond acceptors (Lipinski definition) is 4. The van der Waals surface area contributed by atoms with Gasteiger partial charge < -0.3 is 0 Å². The van der Waals surface area contributed by atoms with Crippen molar-refractivity contribution in [3.63, 3.8) is 0 Å². The van der Waals surface area contributed by atoms with Crippen LogP contribution in [0.4, 0.5) is 19.0 Å². The van der Waals surface area contributed by atoms with Crippen molar-refractivity contribution in [2.24, 2.45) is 0 Å². The number of halogens is 3. The number of aryl methyl sites for hydroxylation is 1. The molecule has 1 aliphatic heterocycles. The number of nitriles is 1. The van der Waals surface area contributed by atoms with Crippen LogP contribution in [0.1, 0.15) is 45.7 Å². The number of hydrogen-bond donors (Lipinski definition) is 0. The van der Waals surface area contributed by atoms with Crippen LogP contribution in [0.15, 0.2) is 24.4 Å². The topological polar surface area (TPSA) is 69.9 Å². The lowest BCUT2D eigenvalue weighted by molar-refractivity contribution is -0.141. The van der Waals surface area contributed by atoms with Gasteiger partial charge in [0.1, 0.15) is 11.5 Å². The summed E-state index contributed by atoms with van der Waals surface area (Å²) in [5.41, 5.74) is 0.454. The van der Waals surface area contributed by atoms with E-state index in [1.54, 1.807) is 6.20 Å². The molecule has 4 rings (SSSR count). The minimum atomic E-state index is -4.54. The third kappa shape index (κ3) is 2.83. The maximum Gasteiger partial charge on any atom is 0.433 e. The average molecular weight is 372 g/mol. The van der Waals surface area contributed by atoms with E-state index in [0.717, 1.165) is 30.0 Å². The summed E-state index contributed by atoms with van der Waals surface area (Å²) in [5, 5.41) is 9.32. The molecule has 2 aromatic heterocycles. The highest BCUT2D eigenvalue weighted by Crippen LogP contribution is 2.47. The molecule has 8 heteroatoms. The molecule has 1 aliphatic carbocycles. The van der Waals surface area contributed by atoms with E-state index >= 15 is 0 Å². The second-order valence-corrected chi connectivity index (χ2v) is 6.95. The summed E-state index contributed by atoms with van der Waals surface area (Å²) in [6.07, 6.45) is -1.11. The molecular formula is C19H15F3N4O. The van der Waals surface area contributed by atoms with E-state index in [1.807, 2.05) is 13.0 Å². The number of pyridine rings is 2. The first-order valence-electron chi connectivity index (χ1n) is 8.52. The summed E-state index contributed by atoms with van der Waals surface area (Å²) in [6, 6.07) is 6.19. The van der Waals surface area contributed by atoms with Crippen LogP contribution >= 0.6 is 0 Å². The molecule has 0 radical (unpaired) electrons. The molecule has 5 nitrogen and oxygen atoms in total. The van der Waals surface area contributed by atoms with E-state index in [4.69, 9.17) is 0 Å². The smallest absolute Gasteiger partial charge is 0.292 e. The average Bonchev–Trinajstić information content (AvgIpc) is 3.43. The zero-order valence-corrected chi connectivity index (χ0v) is 14.5. The number of carbonyl (C=O) groups is 1. The van der Waals surface area contributed by atoms with Gasteiger partial charge in [0, 0.05) is 19.2 Å². The number of alkyl halides is 3. The first-order chi connectivity index (χ1) is 12.7.